The molecule has 0 unspecified atom stereocenters. The van der Waals surface area contributed by atoms with E-state index in [2.05, 4.69) is 22.7 Å². The molecule has 3 heteroatoms. The third kappa shape index (κ3) is 2.30. The molecule has 0 heterocycles. The molecule has 1 N–H and O–H groups in total. The molecule has 0 saturated carbocycles. The Labute approximate surface area is 95.6 Å². The van der Waals surface area contributed by atoms with Crippen molar-refractivity contribution in [1.82, 2.24) is 5.43 Å². The van der Waals surface area contributed by atoms with Gasteiger partial charge in [0.15, 0.2) is 0 Å². The first-order chi connectivity index (χ1) is 7.81. The van der Waals surface area contributed by atoms with E-state index in [-0.39, 0.29) is 5.91 Å². The standard InChI is InChI=1S/C13H16N2O/c1-2-13(16)15-14-12-9-5-7-10-6-3-4-8-11(10)12/h3-4,6,8H,2,5,7,9H2,1H3,(H,15,16). The number of amides is 1. The van der Waals surface area contributed by atoms with Crippen LogP contribution in [0.25, 0.3) is 0 Å². The molecular weight excluding hydrogens is 200 g/mol. The van der Waals surface area contributed by atoms with Crippen LogP contribution in [0.15, 0.2) is 29.4 Å². The zero-order valence-corrected chi connectivity index (χ0v) is 9.49. The van der Waals surface area contributed by atoms with Crippen molar-refractivity contribution in [1.29, 1.82) is 0 Å². The maximum Gasteiger partial charge on any atom is 0.239 e. The Morgan fingerprint density at radius 1 is 1.38 bits per heavy atom. The summed E-state index contributed by atoms with van der Waals surface area (Å²) in [7, 11) is 0. The largest absolute Gasteiger partial charge is 0.273 e. The third-order valence-corrected chi connectivity index (χ3v) is 2.82. The Balaban J connectivity index is 2.21. The number of fused-ring (bicyclic) bond motifs is 1. The van der Waals surface area contributed by atoms with Gasteiger partial charge in [0.2, 0.25) is 5.91 Å². The van der Waals surface area contributed by atoms with Crippen molar-refractivity contribution in [3.8, 4) is 0 Å². The number of benzene rings is 1. The highest BCUT2D eigenvalue weighted by Gasteiger charge is 2.14. The molecule has 1 aliphatic rings. The quantitative estimate of drug-likeness (QED) is 0.757. The van der Waals surface area contributed by atoms with E-state index in [1.54, 1.807) is 0 Å². The first-order valence-corrected chi connectivity index (χ1v) is 5.75. The summed E-state index contributed by atoms with van der Waals surface area (Å²) in [4.78, 5) is 11.1. The number of carbonyl (C=O) groups excluding carboxylic acids is 1. The van der Waals surface area contributed by atoms with Crippen molar-refractivity contribution < 1.29 is 4.79 Å². The van der Waals surface area contributed by atoms with Gasteiger partial charge in [0.05, 0.1) is 5.71 Å². The Morgan fingerprint density at radius 2 is 2.19 bits per heavy atom. The predicted molar refractivity (Wildman–Crippen MR) is 64.4 cm³/mol. The summed E-state index contributed by atoms with van der Waals surface area (Å²) >= 11 is 0. The van der Waals surface area contributed by atoms with Crippen LogP contribution < -0.4 is 5.43 Å². The van der Waals surface area contributed by atoms with Crippen LogP contribution in [0, 0.1) is 0 Å². The normalized spacial score (nSPS) is 16.9. The van der Waals surface area contributed by atoms with E-state index in [1.165, 1.54) is 11.1 Å². The fourth-order valence-electron chi connectivity index (χ4n) is 1.93. The van der Waals surface area contributed by atoms with E-state index in [1.807, 2.05) is 19.1 Å². The predicted octanol–water partition coefficient (Wildman–Crippen LogP) is 2.25. The SMILES string of the molecule is CCC(=O)NN=C1CCCc2ccccc21. The van der Waals surface area contributed by atoms with Crippen molar-refractivity contribution in [3.05, 3.63) is 35.4 Å². The monoisotopic (exact) mass is 216 g/mol. The Bertz CT molecular complexity index is 424. The summed E-state index contributed by atoms with van der Waals surface area (Å²) in [6, 6.07) is 8.27. The van der Waals surface area contributed by atoms with Crippen LogP contribution in [-0.2, 0) is 11.2 Å². The van der Waals surface area contributed by atoms with E-state index in [0.29, 0.717) is 6.42 Å². The Hall–Kier alpha value is -1.64. The zero-order valence-electron chi connectivity index (χ0n) is 9.49. The van der Waals surface area contributed by atoms with Gasteiger partial charge in [-0.3, -0.25) is 4.79 Å². The highest BCUT2D eigenvalue weighted by atomic mass is 16.2. The molecule has 0 radical (unpaired) electrons. The maximum atomic E-state index is 11.1. The number of hydrogen-bond acceptors (Lipinski definition) is 2. The summed E-state index contributed by atoms with van der Waals surface area (Å²) in [5.74, 6) is -0.0319. The average Bonchev–Trinajstić information content (AvgIpc) is 2.35. The molecule has 0 aromatic heterocycles. The molecule has 3 nitrogen and oxygen atoms in total. The van der Waals surface area contributed by atoms with E-state index >= 15 is 0 Å². The number of carbonyl (C=O) groups is 1. The lowest BCUT2D eigenvalue weighted by Crippen LogP contribution is -2.21. The van der Waals surface area contributed by atoms with Crippen molar-refractivity contribution in [3.63, 3.8) is 0 Å². The number of nitrogens with zero attached hydrogens (tertiary/aromatic N) is 1. The fraction of sp³-hybridized carbons (Fsp3) is 0.385. The van der Waals surface area contributed by atoms with E-state index < -0.39 is 0 Å². The lowest BCUT2D eigenvalue weighted by molar-refractivity contribution is -0.120. The van der Waals surface area contributed by atoms with Gasteiger partial charge in [0, 0.05) is 12.0 Å². The van der Waals surface area contributed by atoms with Gasteiger partial charge in [0.25, 0.3) is 0 Å². The van der Waals surface area contributed by atoms with Gasteiger partial charge >= 0.3 is 0 Å². The molecule has 2 rings (SSSR count). The first kappa shape index (κ1) is 10.9. The first-order valence-electron chi connectivity index (χ1n) is 5.75. The number of rotatable bonds is 2. The maximum absolute atomic E-state index is 11.1. The number of aryl methyl sites for hydroxylation is 1. The number of nitrogens with one attached hydrogen (secondary N) is 1. The molecule has 0 aliphatic heterocycles. The summed E-state index contributed by atoms with van der Waals surface area (Å²) in [6.45, 7) is 1.82. The third-order valence-electron chi connectivity index (χ3n) is 2.82. The van der Waals surface area contributed by atoms with Crippen LogP contribution in [0.4, 0.5) is 0 Å². The smallest absolute Gasteiger partial charge is 0.239 e. The number of hydrazone groups is 1. The molecule has 0 bridgehead atoms. The van der Waals surface area contributed by atoms with Crippen LogP contribution in [0.5, 0.6) is 0 Å². The summed E-state index contributed by atoms with van der Waals surface area (Å²) in [6.07, 6.45) is 3.63. The second-order valence-corrected chi connectivity index (χ2v) is 3.96. The molecule has 1 aliphatic carbocycles. The second-order valence-electron chi connectivity index (χ2n) is 3.96. The molecule has 1 aromatic rings. The van der Waals surface area contributed by atoms with Crippen molar-refractivity contribution in [2.24, 2.45) is 5.10 Å². The zero-order chi connectivity index (χ0) is 11.4. The lowest BCUT2D eigenvalue weighted by Gasteiger charge is -2.17. The molecule has 0 saturated heterocycles. The van der Waals surface area contributed by atoms with Crippen LogP contribution in [-0.4, -0.2) is 11.6 Å². The van der Waals surface area contributed by atoms with Crippen LogP contribution in [0.3, 0.4) is 0 Å². The van der Waals surface area contributed by atoms with Crippen molar-refractivity contribution in [2.75, 3.05) is 0 Å². The van der Waals surface area contributed by atoms with Gasteiger partial charge in [-0.15, -0.1) is 0 Å². The minimum Gasteiger partial charge on any atom is -0.273 e. The lowest BCUT2D eigenvalue weighted by atomic mass is 9.90. The van der Waals surface area contributed by atoms with Gasteiger partial charge in [0.1, 0.15) is 0 Å². The molecule has 0 spiro atoms. The highest BCUT2D eigenvalue weighted by molar-refractivity contribution is 6.03. The molecule has 1 aromatic carbocycles. The Morgan fingerprint density at radius 3 is 3.00 bits per heavy atom. The van der Waals surface area contributed by atoms with Gasteiger partial charge in [-0.1, -0.05) is 31.2 Å². The summed E-state index contributed by atoms with van der Waals surface area (Å²) in [5, 5.41) is 4.21. The summed E-state index contributed by atoms with van der Waals surface area (Å²) in [5.41, 5.74) is 6.11. The van der Waals surface area contributed by atoms with Gasteiger partial charge in [-0.2, -0.15) is 5.10 Å². The van der Waals surface area contributed by atoms with Crippen LogP contribution in [0.2, 0.25) is 0 Å². The molecule has 16 heavy (non-hydrogen) atoms. The minimum absolute atomic E-state index is 0.0319. The fourth-order valence-corrected chi connectivity index (χ4v) is 1.93. The van der Waals surface area contributed by atoms with E-state index in [4.69, 9.17) is 0 Å². The minimum atomic E-state index is -0.0319. The average molecular weight is 216 g/mol. The number of hydrogen-bond donors (Lipinski definition) is 1. The van der Waals surface area contributed by atoms with Gasteiger partial charge in [-0.05, 0) is 24.8 Å². The van der Waals surface area contributed by atoms with E-state index in [9.17, 15) is 4.79 Å². The van der Waals surface area contributed by atoms with Gasteiger partial charge < -0.3 is 0 Å². The molecule has 0 atom stereocenters. The van der Waals surface area contributed by atoms with Gasteiger partial charge in [-0.25, -0.2) is 5.43 Å². The topological polar surface area (TPSA) is 41.5 Å². The highest BCUT2D eigenvalue weighted by Crippen LogP contribution is 2.20. The van der Waals surface area contributed by atoms with Crippen molar-refractivity contribution >= 4 is 11.6 Å². The Kier molecular flexibility index (Phi) is 3.34. The van der Waals surface area contributed by atoms with Crippen LogP contribution >= 0.6 is 0 Å². The van der Waals surface area contributed by atoms with Crippen molar-refractivity contribution in [2.45, 2.75) is 32.6 Å². The summed E-state index contributed by atoms with van der Waals surface area (Å²) < 4.78 is 0. The van der Waals surface area contributed by atoms with Crippen LogP contribution in [0.1, 0.15) is 37.3 Å². The molecule has 1 amide bonds. The molecule has 84 valence electrons. The molecule has 0 fully saturated rings. The molecular formula is C13H16N2O. The second kappa shape index (κ2) is 4.92. The van der Waals surface area contributed by atoms with E-state index in [0.717, 1.165) is 25.0 Å².